The third-order valence-corrected chi connectivity index (χ3v) is 3.73. The molecule has 2 rings (SSSR count). The standard InChI is InChI=1S/C20H20O6/c1-24-17-9-6-14(11-15(17)12-20(22)23)16(21)7-4-13-5-8-18(25-2)19(10-13)26-3/h4-11H,12H2,1-3H3,(H,22,23)/p-1/b7-4+. The van der Waals surface area contributed by atoms with Gasteiger partial charge in [0, 0.05) is 23.5 Å². The van der Waals surface area contributed by atoms with Gasteiger partial charge in [-0.2, -0.15) is 0 Å². The molecule has 26 heavy (non-hydrogen) atoms. The highest BCUT2D eigenvalue weighted by Crippen LogP contribution is 2.28. The summed E-state index contributed by atoms with van der Waals surface area (Å²) >= 11 is 0. The van der Waals surface area contributed by atoms with Crippen molar-refractivity contribution in [1.82, 2.24) is 0 Å². The lowest BCUT2D eigenvalue weighted by Gasteiger charge is -2.10. The molecule has 0 amide bonds. The lowest BCUT2D eigenvalue weighted by Crippen LogP contribution is -2.24. The molecule has 0 saturated carbocycles. The molecule has 2 aromatic carbocycles. The van der Waals surface area contributed by atoms with Crippen LogP contribution in [-0.2, 0) is 11.2 Å². The highest BCUT2D eigenvalue weighted by atomic mass is 16.5. The van der Waals surface area contributed by atoms with E-state index in [4.69, 9.17) is 14.2 Å². The number of ketones is 1. The lowest BCUT2D eigenvalue weighted by molar-refractivity contribution is -0.304. The average molecular weight is 355 g/mol. The summed E-state index contributed by atoms with van der Waals surface area (Å²) in [6.45, 7) is 0. The van der Waals surface area contributed by atoms with Gasteiger partial charge in [-0.1, -0.05) is 12.1 Å². The predicted molar refractivity (Wildman–Crippen MR) is 94.6 cm³/mol. The van der Waals surface area contributed by atoms with Gasteiger partial charge in [0.2, 0.25) is 0 Å². The molecule has 136 valence electrons. The molecule has 0 heterocycles. The topological polar surface area (TPSA) is 84.9 Å². The maximum Gasteiger partial charge on any atom is 0.185 e. The van der Waals surface area contributed by atoms with Crippen LogP contribution >= 0.6 is 0 Å². The largest absolute Gasteiger partial charge is 0.550 e. The molecule has 0 spiro atoms. The fourth-order valence-corrected chi connectivity index (χ4v) is 2.45. The molecular weight excluding hydrogens is 336 g/mol. The van der Waals surface area contributed by atoms with Gasteiger partial charge < -0.3 is 24.1 Å². The van der Waals surface area contributed by atoms with E-state index in [9.17, 15) is 14.7 Å². The highest BCUT2D eigenvalue weighted by molar-refractivity contribution is 6.07. The van der Waals surface area contributed by atoms with Crippen LogP contribution in [0.25, 0.3) is 6.08 Å². The number of ether oxygens (including phenoxy) is 3. The number of methoxy groups -OCH3 is 3. The van der Waals surface area contributed by atoms with Crippen LogP contribution in [-0.4, -0.2) is 33.1 Å². The third-order valence-electron chi connectivity index (χ3n) is 3.73. The normalized spacial score (nSPS) is 10.6. The first-order valence-corrected chi connectivity index (χ1v) is 7.79. The van der Waals surface area contributed by atoms with E-state index in [1.165, 1.54) is 26.4 Å². The molecule has 0 N–H and O–H groups in total. The minimum atomic E-state index is -1.24. The van der Waals surface area contributed by atoms with E-state index in [1.54, 1.807) is 43.5 Å². The second-order valence-corrected chi connectivity index (χ2v) is 5.39. The van der Waals surface area contributed by atoms with Crippen molar-refractivity contribution in [2.45, 2.75) is 6.42 Å². The van der Waals surface area contributed by atoms with E-state index >= 15 is 0 Å². The maximum atomic E-state index is 12.4. The van der Waals surface area contributed by atoms with Gasteiger partial charge in [-0.05, 0) is 42.0 Å². The number of hydrogen-bond acceptors (Lipinski definition) is 6. The molecule has 0 aliphatic carbocycles. The summed E-state index contributed by atoms with van der Waals surface area (Å²) in [7, 11) is 4.52. The van der Waals surface area contributed by atoms with E-state index in [0.29, 0.717) is 28.4 Å². The molecule has 0 atom stereocenters. The highest BCUT2D eigenvalue weighted by Gasteiger charge is 2.09. The van der Waals surface area contributed by atoms with Crippen molar-refractivity contribution in [2.24, 2.45) is 0 Å². The van der Waals surface area contributed by atoms with Gasteiger partial charge in [-0.3, -0.25) is 4.79 Å². The quantitative estimate of drug-likeness (QED) is 0.531. The van der Waals surface area contributed by atoms with Crippen molar-refractivity contribution >= 4 is 17.8 Å². The number of carboxylic acids is 1. The van der Waals surface area contributed by atoms with Crippen LogP contribution in [0.5, 0.6) is 17.2 Å². The summed E-state index contributed by atoms with van der Waals surface area (Å²) in [6.07, 6.45) is 2.72. The van der Waals surface area contributed by atoms with Crippen LogP contribution in [0.4, 0.5) is 0 Å². The number of hydrogen-bond donors (Lipinski definition) is 0. The first kappa shape index (κ1) is 19.1. The van der Waals surface area contributed by atoms with Crippen molar-refractivity contribution in [1.29, 1.82) is 0 Å². The summed E-state index contributed by atoms with van der Waals surface area (Å²) in [5.74, 6) is 0.0475. The molecule has 0 fully saturated rings. The SMILES string of the molecule is COc1ccc(C(=O)/C=C/c2ccc(OC)c(OC)c2)cc1CC(=O)[O-]. The van der Waals surface area contributed by atoms with Gasteiger partial charge in [-0.15, -0.1) is 0 Å². The van der Waals surface area contributed by atoms with Crippen LogP contribution in [0, 0.1) is 0 Å². The zero-order valence-electron chi connectivity index (χ0n) is 14.8. The molecule has 0 aliphatic rings. The van der Waals surface area contributed by atoms with Gasteiger partial charge in [0.05, 0.1) is 21.3 Å². The van der Waals surface area contributed by atoms with E-state index < -0.39 is 5.97 Å². The molecule has 0 unspecified atom stereocenters. The zero-order chi connectivity index (χ0) is 19.1. The summed E-state index contributed by atoms with van der Waals surface area (Å²) in [5.41, 5.74) is 1.51. The maximum absolute atomic E-state index is 12.4. The van der Waals surface area contributed by atoms with Crippen molar-refractivity contribution in [3.63, 3.8) is 0 Å². The van der Waals surface area contributed by atoms with E-state index in [1.807, 2.05) is 0 Å². The molecule has 0 aromatic heterocycles. The first-order valence-electron chi connectivity index (χ1n) is 7.79. The minimum absolute atomic E-state index is 0.262. The van der Waals surface area contributed by atoms with Gasteiger partial charge in [-0.25, -0.2) is 0 Å². The van der Waals surface area contributed by atoms with Crippen molar-refractivity contribution in [3.8, 4) is 17.2 Å². The summed E-state index contributed by atoms with van der Waals surface area (Å²) in [5, 5.41) is 10.9. The molecule has 6 heteroatoms. The van der Waals surface area contributed by atoms with E-state index in [0.717, 1.165) is 5.56 Å². The first-order chi connectivity index (χ1) is 12.5. The number of benzene rings is 2. The Morgan fingerprint density at radius 3 is 2.19 bits per heavy atom. The van der Waals surface area contributed by atoms with E-state index in [-0.39, 0.29) is 12.2 Å². The van der Waals surface area contributed by atoms with Gasteiger partial charge in [0.1, 0.15) is 5.75 Å². The molecule has 0 aliphatic heterocycles. The van der Waals surface area contributed by atoms with Crippen molar-refractivity contribution in [2.75, 3.05) is 21.3 Å². The monoisotopic (exact) mass is 355 g/mol. The fraction of sp³-hybridized carbons (Fsp3) is 0.200. The third kappa shape index (κ3) is 4.63. The Balaban J connectivity index is 2.24. The Hall–Kier alpha value is -3.28. The van der Waals surface area contributed by atoms with Crippen LogP contribution in [0.1, 0.15) is 21.5 Å². The average Bonchev–Trinajstić information content (AvgIpc) is 2.65. The van der Waals surface area contributed by atoms with Crippen molar-refractivity contribution < 1.29 is 28.9 Å². The Morgan fingerprint density at radius 1 is 0.923 bits per heavy atom. The molecule has 0 radical (unpaired) electrons. The zero-order valence-corrected chi connectivity index (χ0v) is 14.8. The predicted octanol–water partition coefficient (Wildman–Crippen LogP) is 1.90. The Morgan fingerprint density at radius 2 is 1.58 bits per heavy atom. The van der Waals surface area contributed by atoms with Crippen LogP contribution in [0.2, 0.25) is 0 Å². The fourth-order valence-electron chi connectivity index (χ4n) is 2.45. The summed E-state index contributed by atoms with van der Waals surface area (Å²) < 4.78 is 15.5. The van der Waals surface area contributed by atoms with Crippen LogP contribution < -0.4 is 19.3 Å². The van der Waals surface area contributed by atoms with Crippen LogP contribution in [0.15, 0.2) is 42.5 Å². The van der Waals surface area contributed by atoms with Crippen molar-refractivity contribution in [3.05, 3.63) is 59.2 Å². The molecule has 6 nitrogen and oxygen atoms in total. The minimum Gasteiger partial charge on any atom is -0.550 e. The summed E-state index contributed by atoms with van der Waals surface area (Å²) in [6, 6.07) is 9.93. The second-order valence-electron chi connectivity index (χ2n) is 5.39. The number of carbonyl (C=O) groups excluding carboxylic acids is 2. The Kier molecular flexibility index (Phi) is 6.38. The Bertz CT molecular complexity index is 838. The van der Waals surface area contributed by atoms with Gasteiger partial charge in [0.15, 0.2) is 17.3 Å². The number of carbonyl (C=O) groups is 2. The second kappa shape index (κ2) is 8.71. The molecule has 0 bridgehead atoms. The molecule has 0 saturated heterocycles. The number of rotatable bonds is 8. The molecule has 2 aromatic rings. The van der Waals surface area contributed by atoms with E-state index in [2.05, 4.69) is 0 Å². The number of aliphatic carboxylic acids is 1. The number of carboxylic acid groups (broad SMARTS) is 1. The summed E-state index contributed by atoms with van der Waals surface area (Å²) in [4.78, 5) is 23.2. The van der Waals surface area contributed by atoms with Crippen LogP contribution in [0.3, 0.4) is 0 Å². The van der Waals surface area contributed by atoms with Gasteiger partial charge >= 0.3 is 0 Å². The smallest absolute Gasteiger partial charge is 0.185 e. The lowest BCUT2D eigenvalue weighted by atomic mass is 10.0. The van der Waals surface area contributed by atoms with Gasteiger partial charge in [0.25, 0.3) is 0 Å². The number of allylic oxidation sites excluding steroid dienone is 1. The molecular formula is C20H19O6-. The Labute approximate surface area is 151 Å².